The number of carbonyl (C=O) groups is 1. The van der Waals surface area contributed by atoms with E-state index in [1.807, 2.05) is 0 Å². The predicted molar refractivity (Wildman–Crippen MR) is 73.3 cm³/mol. The third kappa shape index (κ3) is 3.55. The summed E-state index contributed by atoms with van der Waals surface area (Å²) in [6.07, 6.45) is 0.466. The lowest BCUT2D eigenvalue weighted by molar-refractivity contribution is 0.0954. The molecule has 0 heterocycles. The second kappa shape index (κ2) is 6.00. The van der Waals surface area contributed by atoms with Gasteiger partial charge < -0.3 is 11.1 Å². The molecule has 0 saturated heterocycles. The Balaban J connectivity index is 1.88. The highest BCUT2D eigenvalue weighted by atomic mass is 19.1. The Hall–Kier alpha value is -2.36. The van der Waals surface area contributed by atoms with Gasteiger partial charge in [-0.1, -0.05) is 18.2 Å². The minimum atomic E-state index is -0.246. The number of nitrogens with one attached hydrogen (secondary N) is 1. The number of amides is 1. The van der Waals surface area contributed by atoms with E-state index in [1.165, 1.54) is 6.07 Å². The van der Waals surface area contributed by atoms with Crippen LogP contribution in [0.25, 0.3) is 0 Å². The Morgan fingerprint density at radius 2 is 1.79 bits per heavy atom. The third-order valence-corrected chi connectivity index (χ3v) is 2.81. The Morgan fingerprint density at radius 1 is 1.11 bits per heavy atom. The van der Waals surface area contributed by atoms with Crippen molar-refractivity contribution in [3.63, 3.8) is 0 Å². The van der Waals surface area contributed by atoms with Gasteiger partial charge in [0.15, 0.2) is 0 Å². The van der Waals surface area contributed by atoms with E-state index >= 15 is 0 Å². The summed E-state index contributed by atoms with van der Waals surface area (Å²) in [5.74, 6) is -0.430. The van der Waals surface area contributed by atoms with Gasteiger partial charge in [-0.2, -0.15) is 0 Å². The van der Waals surface area contributed by atoms with E-state index in [4.69, 9.17) is 5.73 Å². The maximum Gasteiger partial charge on any atom is 0.251 e. The number of carbonyl (C=O) groups excluding carboxylic acids is 1. The molecule has 98 valence electrons. The van der Waals surface area contributed by atoms with Crippen LogP contribution in [0.2, 0.25) is 0 Å². The molecule has 0 aliphatic rings. The van der Waals surface area contributed by atoms with Crippen LogP contribution in [-0.4, -0.2) is 12.5 Å². The monoisotopic (exact) mass is 258 g/mol. The van der Waals surface area contributed by atoms with Gasteiger partial charge in [-0.25, -0.2) is 4.39 Å². The summed E-state index contributed by atoms with van der Waals surface area (Å²) < 4.78 is 13.4. The van der Waals surface area contributed by atoms with Crippen LogP contribution in [0.15, 0.2) is 48.5 Å². The molecule has 0 atom stereocenters. The van der Waals surface area contributed by atoms with Crippen molar-refractivity contribution in [1.82, 2.24) is 5.32 Å². The van der Waals surface area contributed by atoms with Crippen LogP contribution in [-0.2, 0) is 6.42 Å². The second-order valence-electron chi connectivity index (χ2n) is 4.22. The molecule has 2 rings (SSSR count). The van der Waals surface area contributed by atoms with Crippen molar-refractivity contribution < 1.29 is 9.18 Å². The fourth-order valence-electron chi connectivity index (χ4n) is 1.75. The van der Waals surface area contributed by atoms with Crippen molar-refractivity contribution in [2.75, 3.05) is 12.3 Å². The van der Waals surface area contributed by atoms with Crippen LogP contribution >= 0.6 is 0 Å². The van der Waals surface area contributed by atoms with Gasteiger partial charge in [-0.05, 0) is 42.3 Å². The minimum Gasteiger partial charge on any atom is -0.399 e. The molecule has 0 fully saturated rings. The van der Waals surface area contributed by atoms with E-state index in [0.717, 1.165) is 0 Å². The number of hydrogen-bond acceptors (Lipinski definition) is 2. The van der Waals surface area contributed by atoms with E-state index in [9.17, 15) is 9.18 Å². The average Bonchev–Trinajstić information content (AvgIpc) is 2.41. The number of rotatable bonds is 4. The van der Waals surface area contributed by atoms with E-state index in [0.29, 0.717) is 29.8 Å². The number of nitrogens with two attached hydrogens (primary N) is 1. The van der Waals surface area contributed by atoms with Gasteiger partial charge in [-0.15, -0.1) is 0 Å². The first-order chi connectivity index (χ1) is 9.16. The normalized spacial score (nSPS) is 10.2. The van der Waals surface area contributed by atoms with Gasteiger partial charge in [-0.3, -0.25) is 4.79 Å². The molecule has 0 spiro atoms. The van der Waals surface area contributed by atoms with E-state index in [-0.39, 0.29) is 11.7 Å². The first-order valence-corrected chi connectivity index (χ1v) is 6.04. The Morgan fingerprint density at radius 3 is 2.47 bits per heavy atom. The second-order valence-corrected chi connectivity index (χ2v) is 4.22. The molecule has 3 nitrogen and oxygen atoms in total. The zero-order valence-corrected chi connectivity index (χ0v) is 10.4. The fraction of sp³-hybridized carbons (Fsp3) is 0.133. The molecule has 4 heteroatoms. The van der Waals surface area contributed by atoms with Gasteiger partial charge in [0.1, 0.15) is 5.82 Å². The zero-order chi connectivity index (χ0) is 13.7. The average molecular weight is 258 g/mol. The smallest absolute Gasteiger partial charge is 0.251 e. The van der Waals surface area contributed by atoms with Crippen molar-refractivity contribution in [3.8, 4) is 0 Å². The molecule has 0 aromatic heterocycles. The quantitative estimate of drug-likeness (QED) is 0.827. The van der Waals surface area contributed by atoms with Gasteiger partial charge >= 0.3 is 0 Å². The van der Waals surface area contributed by atoms with Crippen LogP contribution in [0, 0.1) is 5.82 Å². The highest BCUT2D eigenvalue weighted by Gasteiger charge is 2.05. The third-order valence-electron chi connectivity index (χ3n) is 2.81. The highest BCUT2D eigenvalue weighted by Crippen LogP contribution is 2.07. The first-order valence-electron chi connectivity index (χ1n) is 6.04. The molecule has 2 aromatic carbocycles. The Labute approximate surface area is 111 Å². The summed E-state index contributed by atoms with van der Waals surface area (Å²) in [7, 11) is 0. The van der Waals surface area contributed by atoms with Gasteiger partial charge in [0.25, 0.3) is 5.91 Å². The van der Waals surface area contributed by atoms with Crippen molar-refractivity contribution in [3.05, 3.63) is 65.5 Å². The number of anilines is 1. The maximum absolute atomic E-state index is 13.4. The lowest BCUT2D eigenvalue weighted by Gasteiger charge is -2.06. The molecular weight excluding hydrogens is 243 g/mol. The topological polar surface area (TPSA) is 55.1 Å². The lowest BCUT2D eigenvalue weighted by atomic mass is 10.1. The summed E-state index contributed by atoms with van der Waals surface area (Å²) in [5.41, 5.74) is 7.30. The first kappa shape index (κ1) is 13.1. The molecule has 3 N–H and O–H groups in total. The van der Waals surface area contributed by atoms with Gasteiger partial charge in [0, 0.05) is 17.8 Å². The van der Waals surface area contributed by atoms with Gasteiger partial charge in [0.05, 0.1) is 0 Å². The molecular formula is C15H15FN2O. The summed E-state index contributed by atoms with van der Waals surface area (Å²) >= 11 is 0. The summed E-state index contributed by atoms with van der Waals surface area (Å²) in [6.45, 7) is 0.393. The number of halogens is 1. The molecule has 0 radical (unpaired) electrons. The summed E-state index contributed by atoms with van der Waals surface area (Å²) in [5, 5.41) is 2.75. The molecule has 0 bridgehead atoms. The van der Waals surface area contributed by atoms with Crippen LogP contribution < -0.4 is 11.1 Å². The van der Waals surface area contributed by atoms with E-state index < -0.39 is 0 Å². The van der Waals surface area contributed by atoms with Crippen LogP contribution in [0.1, 0.15) is 15.9 Å². The fourth-order valence-corrected chi connectivity index (χ4v) is 1.75. The molecule has 0 saturated carbocycles. The zero-order valence-electron chi connectivity index (χ0n) is 10.4. The van der Waals surface area contributed by atoms with Crippen molar-refractivity contribution in [2.24, 2.45) is 0 Å². The minimum absolute atomic E-state index is 0.184. The summed E-state index contributed by atoms with van der Waals surface area (Å²) in [6, 6.07) is 13.2. The summed E-state index contributed by atoms with van der Waals surface area (Å²) in [4.78, 5) is 11.8. The molecule has 19 heavy (non-hydrogen) atoms. The molecule has 0 aliphatic heterocycles. The SMILES string of the molecule is Nc1ccc(C(=O)NCCc2ccccc2F)cc1. The van der Waals surface area contributed by atoms with Crippen LogP contribution in [0.3, 0.4) is 0 Å². The molecule has 0 aliphatic carbocycles. The number of nitrogen functional groups attached to an aromatic ring is 1. The van der Waals surface area contributed by atoms with E-state index in [1.54, 1.807) is 42.5 Å². The largest absolute Gasteiger partial charge is 0.399 e. The van der Waals surface area contributed by atoms with Crippen molar-refractivity contribution in [1.29, 1.82) is 0 Å². The van der Waals surface area contributed by atoms with Crippen LogP contribution in [0.5, 0.6) is 0 Å². The van der Waals surface area contributed by atoms with Crippen molar-refractivity contribution in [2.45, 2.75) is 6.42 Å². The number of hydrogen-bond donors (Lipinski definition) is 2. The molecule has 1 amide bonds. The van der Waals surface area contributed by atoms with Crippen LogP contribution in [0.4, 0.5) is 10.1 Å². The predicted octanol–water partition coefficient (Wildman–Crippen LogP) is 2.38. The van der Waals surface area contributed by atoms with E-state index in [2.05, 4.69) is 5.32 Å². The Kier molecular flexibility index (Phi) is 4.13. The number of benzene rings is 2. The maximum atomic E-state index is 13.4. The molecule has 2 aromatic rings. The lowest BCUT2D eigenvalue weighted by Crippen LogP contribution is -2.25. The Bertz CT molecular complexity index is 567. The van der Waals surface area contributed by atoms with Gasteiger partial charge in [0.2, 0.25) is 0 Å². The standard InChI is InChI=1S/C15H15FN2O/c16-14-4-2-1-3-11(14)9-10-18-15(19)12-5-7-13(17)8-6-12/h1-8H,9-10,17H2,(H,18,19). The van der Waals surface area contributed by atoms with Crippen molar-refractivity contribution >= 4 is 11.6 Å². The molecule has 0 unspecified atom stereocenters. The highest BCUT2D eigenvalue weighted by molar-refractivity contribution is 5.94.